The highest BCUT2D eigenvalue weighted by Gasteiger charge is 2.18. The van der Waals surface area contributed by atoms with Crippen molar-refractivity contribution < 1.29 is 4.42 Å². The minimum atomic E-state index is 0.603. The molecule has 0 aliphatic rings. The lowest BCUT2D eigenvalue weighted by atomic mass is 9.98. The summed E-state index contributed by atoms with van der Waals surface area (Å²) in [5.41, 5.74) is 12.4. The van der Waals surface area contributed by atoms with E-state index in [1.807, 2.05) is 72.8 Å². The van der Waals surface area contributed by atoms with Crippen LogP contribution in [-0.4, -0.2) is 19.9 Å². The van der Waals surface area contributed by atoms with Gasteiger partial charge in [-0.2, -0.15) is 0 Å². The first-order chi connectivity index (χ1) is 26.2. The van der Waals surface area contributed by atoms with Gasteiger partial charge in [-0.05, 0) is 47.5 Å². The third kappa shape index (κ3) is 5.61. The van der Waals surface area contributed by atoms with Crippen molar-refractivity contribution in [3.05, 3.63) is 182 Å². The summed E-state index contributed by atoms with van der Waals surface area (Å²) in [5.74, 6) is 1.28. The monoisotopic (exact) mass is 678 g/mol. The van der Waals surface area contributed by atoms with Crippen molar-refractivity contribution in [1.82, 2.24) is 19.9 Å². The van der Waals surface area contributed by atoms with Crippen LogP contribution in [0.4, 0.5) is 0 Å². The maximum atomic E-state index is 6.29. The van der Waals surface area contributed by atoms with Gasteiger partial charge in [0.25, 0.3) is 0 Å². The lowest BCUT2D eigenvalue weighted by Crippen LogP contribution is -1.96. The molecule has 248 valence electrons. The zero-order chi connectivity index (χ0) is 35.1. The first-order valence-electron chi connectivity index (χ1n) is 17.6. The van der Waals surface area contributed by atoms with Gasteiger partial charge in [0.05, 0.1) is 22.6 Å². The van der Waals surface area contributed by atoms with Gasteiger partial charge in [-0.3, -0.25) is 0 Å². The van der Waals surface area contributed by atoms with Crippen LogP contribution in [0.3, 0.4) is 0 Å². The van der Waals surface area contributed by atoms with Crippen molar-refractivity contribution in [2.24, 2.45) is 0 Å². The van der Waals surface area contributed by atoms with E-state index in [1.165, 1.54) is 5.56 Å². The molecule has 5 heteroatoms. The summed E-state index contributed by atoms with van der Waals surface area (Å²) in [7, 11) is 0. The molecule has 3 aromatic heterocycles. The van der Waals surface area contributed by atoms with Gasteiger partial charge in [0.2, 0.25) is 5.89 Å². The van der Waals surface area contributed by atoms with E-state index in [-0.39, 0.29) is 0 Å². The Morgan fingerprint density at radius 2 is 0.887 bits per heavy atom. The van der Waals surface area contributed by atoms with Crippen LogP contribution in [0.2, 0.25) is 0 Å². The Morgan fingerprint density at radius 1 is 0.358 bits per heavy atom. The number of benzene rings is 7. The molecule has 3 heterocycles. The van der Waals surface area contributed by atoms with Gasteiger partial charge < -0.3 is 4.42 Å². The van der Waals surface area contributed by atoms with E-state index >= 15 is 0 Å². The maximum Gasteiger partial charge on any atom is 0.227 e. The molecule has 0 unspecified atom stereocenters. The molecular formula is C48H30N4O. The van der Waals surface area contributed by atoms with E-state index in [4.69, 9.17) is 24.4 Å². The highest BCUT2D eigenvalue weighted by Crippen LogP contribution is 2.39. The van der Waals surface area contributed by atoms with Gasteiger partial charge in [-0.15, -0.1) is 0 Å². The predicted molar refractivity (Wildman–Crippen MR) is 215 cm³/mol. The molecule has 0 spiro atoms. The Bertz CT molecular complexity index is 2900. The summed E-state index contributed by atoms with van der Waals surface area (Å²) in [6.07, 6.45) is 0. The molecule has 0 bridgehead atoms. The van der Waals surface area contributed by atoms with E-state index < -0.39 is 0 Å². The SMILES string of the molecule is c1ccc(-c2ccc(-c3nc(-c4ccccc4)cc(-c4ccc(-c5nc6ccccc6c6c5ccc5oc(-c7ccccc7)nc56)cc4)n3)cc2)cc1. The summed E-state index contributed by atoms with van der Waals surface area (Å²) in [6.45, 7) is 0. The van der Waals surface area contributed by atoms with Crippen LogP contribution in [0.15, 0.2) is 186 Å². The van der Waals surface area contributed by atoms with Crippen molar-refractivity contribution in [2.75, 3.05) is 0 Å². The molecule has 0 radical (unpaired) electrons. The van der Waals surface area contributed by atoms with Gasteiger partial charge in [0.1, 0.15) is 5.52 Å². The fourth-order valence-corrected chi connectivity index (χ4v) is 7.07. The number of aromatic nitrogens is 4. The van der Waals surface area contributed by atoms with Crippen molar-refractivity contribution >= 4 is 32.8 Å². The molecule has 5 nitrogen and oxygen atoms in total. The maximum absolute atomic E-state index is 6.29. The molecule has 0 aliphatic heterocycles. The van der Waals surface area contributed by atoms with Gasteiger partial charge in [0.15, 0.2) is 11.4 Å². The van der Waals surface area contributed by atoms with Crippen LogP contribution in [-0.2, 0) is 0 Å². The second-order valence-electron chi connectivity index (χ2n) is 13.0. The van der Waals surface area contributed by atoms with Crippen LogP contribution >= 0.6 is 0 Å². The van der Waals surface area contributed by atoms with Gasteiger partial charge >= 0.3 is 0 Å². The highest BCUT2D eigenvalue weighted by atomic mass is 16.3. The third-order valence-corrected chi connectivity index (χ3v) is 9.74. The van der Waals surface area contributed by atoms with Crippen LogP contribution in [0, 0.1) is 0 Å². The third-order valence-electron chi connectivity index (χ3n) is 9.74. The van der Waals surface area contributed by atoms with Crippen LogP contribution in [0.1, 0.15) is 0 Å². The fourth-order valence-electron chi connectivity index (χ4n) is 7.07. The smallest absolute Gasteiger partial charge is 0.227 e. The second-order valence-corrected chi connectivity index (χ2v) is 13.0. The van der Waals surface area contributed by atoms with Crippen molar-refractivity contribution in [1.29, 1.82) is 0 Å². The Morgan fingerprint density at radius 3 is 1.58 bits per heavy atom. The van der Waals surface area contributed by atoms with E-state index in [9.17, 15) is 0 Å². The molecule has 0 atom stereocenters. The zero-order valence-corrected chi connectivity index (χ0v) is 28.5. The van der Waals surface area contributed by atoms with Crippen molar-refractivity contribution in [3.8, 4) is 67.7 Å². The average molecular weight is 679 g/mol. The first-order valence-corrected chi connectivity index (χ1v) is 17.6. The molecule has 0 fully saturated rings. The molecule has 10 rings (SSSR count). The minimum absolute atomic E-state index is 0.603. The first kappa shape index (κ1) is 30.6. The normalized spacial score (nSPS) is 11.4. The van der Waals surface area contributed by atoms with E-state index in [0.717, 1.165) is 83.2 Å². The number of rotatable bonds is 6. The topological polar surface area (TPSA) is 64.7 Å². The fraction of sp³-hybridized carbons (Fsp3) is 0. The molecule has 53 heavy (non-hydrogen) atoms. The van der Waals surface area contributed by atoms with Gasteiger partial charge in [0, 0.05) is 44.0 Å². The number of fused-ring (bicyclic) bond motifs is 5. The Balaban J connectivity index is 1.08. The lowest BCUT2D eigenvalue weighted by Gasteiger charge is -2.12. The summed E-state index contributed by atoms with van der Waals surface area (Å²) in [6, 6.07) is 62.1. The number of hydrogen-bond donors (Lipinski definition) is 0. The Kier molecular flexibility index (Phi) is 7.40. The summed E-state index contributed by atoms with van der Waals surface area (Å²) in [4.78, 5) is 20.4. The molecule has 0 saturated carbocycles. The number of para-hydroxylation sites is 1. The Hall–Kier alpha value is -7.24. The quantitative estimate of drug-likeness (QED) is 0.164. The van der Waals surface area contributed by atoms with Gasteiger partial charge in [-0.25, -0.2) is 19.9 Å². The average Bonchev–Trinajstić information content (AvgIpc) is 3.69. The number of hydrogen-bond acceptors (Lipinski definition) is 5. The molecule has 7 aromatic carbocycles. The largest absolute Gasteiger partial charge is 0.436 e. The lowest BCUT2D eigenvalue weighted by molar-refractivity contribution is 0.620. The zero-order valence-electron chi connectivity index (χ0n) is 28.5. The molecule has 0 N–H and O–H groups in total. The van der Waals surface area contributed by atoms with Crippen LogP contribution in [0.5, 0.6) is 0 Å². The van der Waals surface area contributed by atoms with Crippen molar-refractivity contribution in [2.45, 2.75) is 0 Å². The van der Waals surface area contributed by atoms with Crippen molar-refractivity contribution in [3.63, 3.8) is 0 Å². The highest BCUT2D eigenvalue weighted by molar-refractivity contribution is 6.20. The second kappa shape index (κ2) is 12.8. The number of oxazole rings is 1. The molecule has 10 aromatic rings. The molecular weight excluding hydrogens is 649 g/mol. The van der Waals surface area contributed by atoms with Gasteiger partial charge in [-0.1, -0.05) is 146 Å². The standard InChI is InChI=1S/C48H30N4O/c1-4-12-31(13-5-1)32-20-26-36(27-21-32)47-50-41(33-14-6-2-7-15-33)30-42(51-47)34-22-24-35(25-23-34)45-39-28-29-43-46(44(39)38-18-10-11-19-40(38)49-45)52-48(53-43)37-16-8-3-9-17-37/h1-30H. The minimum Gasteiger partial charge on any atom is -0.436 e. The number of nitrogens with zero attached hydrogens (tertiary/aromatic N) is 4. The summed E-state index contributed by atoms with van der Waals surface area (Å²) < 4.78 is 6.29. The van der Waals surface area contributed by atoms with E-state index in [1.54, 1.807) is 0 Å². The summed E-state index contributed by atoms with van der Waals surface area (Å²) in [5, 5.41) is 3.09. The molecule has 0 saturated heterocycles. The molecule has 0 amide bonds. The Labute approximate surface area is 305 Å². The van der Waals surface area contributed by atoms with Crippen LogP contribution < -0.4 is 0 Å². The molecule has 0 aliphatic carbocycles. The van der Waals surface area contributed by atoms with E-state index in [0.29, 0.717) is 11.7 Å². The van der Waals surface area contributed by atoms with E-state index in [2.05, 4.69) is 109 Å². The predicted octanol–water partition coefficient (Wildman–Crippen LogP) is 12.3. The van der Waals surface area contributed by atoms with Crippen LogP contribution in [0.25, 0.3) is 101 Å². The summed E-state index contributed by atoms with van der Waals surface area (Å²) >= 11 is 0. The number of pyridine rings is 1.